The maximum Gasteiger partial charge on any atom is 0.303 e. The molecule has 5 nitrogen and oxygen atoms in total. The van der Waals surface area contributed by atoms with E-state index in [0.29, 0.717) is 6.42 Å². The summed E-state index contributed by atoms with van der Waals surface area (Å²) in [5.74, 6) is -0.840. The molecule has 21 heavy (non-hydrogen) atoms. The standard InChI is InChI=1S/C15H21FN2O3/c1-21-14-5-4-12(11-13(14)16)18-9-7-17(8-10-18)6-2-3-15(19)20/h4-5,11H,2-3,6-10H2,1H3,(H,19,20). The molecule has 2 rings (SSSR count). The summed E-state index contributed by atoms with van der Waals surface area (Å²) in [6.07, 6.45) is 0.885. The lowest BCUT2D eigenvalue weighted by Crippen LogP contribution is -2.46. The summed E-state index contributed by atoms with van der Waals surface area (Å²) in [6, 6.07) is 5.00. The van der Waals surface area contributed by atoms with Gasteiger partial charge >= 0.3 is 5.97 Å². The second kappa shape index (κ2) is 7.26. The highest BCUT2D eigenvalue weighted by Crippen LogP contribution is 2.24. The first-order chi connectivity index (χ1) is 10.1. The normalized spacial score (nSPS) is 16.0. The van der Waals surface area contributed by atoms with Crippen LogP contribution < -0.4 is 9.64 Å². The number of nitrogens with zero attached hydrogens (tertiary/aromatic N) is 2. The van der Waals surface area contributed by atoms with Crippen molar-refractivity contribution in [3.63, 3.8) is 0 Å². The highest BCUT2D eigenvalue weighted by molar-refractivity contribution is 5.66. The van der Waals surface area contributed by atoms with Gasteiger partial charge in [-0.15, -0.1) is 0 Å². The third-order valence-electron chi connectivity index (χ3n) is 3.74. The van der Waals surface area contributed by atoms with Crippen LogP contribution in [-0.2, 0) is 4.79 Å². The minimum absolute atomic E-state index is 0.212. The summed E-state index contributed by atoms with van der Waals surface area (Å²) < 4.78 is 18.6. The molecule has 1 heterocycles. The number of ether oxygens (including phenoxy) is 1. The molecule has 1 saturated heterocycles. The van der Waals surface area contributed by atoms with Crippen LogP contribution >= 0.6 is 0 Å². The predicted molar refractivity (Wildman–Crippen MR) is 78.5 cm³/mol. The SMILES string of the molecule is COc1ccc(N2CCN(CCCC(=O)O)CC2)cc1F. The Bertz CT molecular complexity index is 488. The van der Waals surface area contributed by atoms with E-state index >= 15 is 0 Å². The summed E-state index contributed by atoms with van der Waals surface area (Å²) in [5, 5.41) is 8.63. The van der Waals surface area contributed by atoms with Crippen LogP contribution in [0, 0.1) is 5.82 Å². The monoisotopic (exact) mass is 296 g/mol. The van der Waals surface area contributed by atoms with Crippen LogP contribution in [-0.4, -0.2) is 55.8 Å². The van der Waals surface area contributed by atoms with Gasteiger partial charge in [-0.1, -0.05) is 0 Å². The van der Waals surface area contributed by atoms with Crippen LogP contribution in [0.15, 0.2) is 18.2 Å². The van der Waals surface area contributed by atoms with E-state index in [-0.39, 0.29) is 18.0 Å². The van der Waals surface area contributed by atoms with E-state index in [0.717, 1.165) is 38.4 Å². The Kier molecular flexibility index (Phi) is 5.38. The molecule has 6 heteroatoms. The lowest BCUT2D eigenvalue weighted by Gasteiger charge is -2.36. The lowest BCUT2D eigenvalue weighted by molar-refractivity contribution is -0.137. The van der Waals surface area contributed by atoms with Crippen LogP contribution in [0.1, 0.15) is 12.8 Å². The zero-order valence-corrected chi connectivity index (χ0v) is 12.2. The summed E-state index contributed by atoms with van der Waals surface area (Å²) in [6.45, 7) is 4.18. The molecule has 1 aromatic rings. The minimum Gasteiger partial charge on any atom is -0.494 e. The van der Waals surface area contributed by atoms with Gasteiger partial charge in [0.05, 0.1) is 7.11 Å². The van der Waals surface area contributed by atoms with E-state index in [1.807, 2.05) is 6.07 Å². The second-order valence-electron chi connectivity index (χ2n) is 5.14. The second-order valence-corrected chi connectivity index (χ2v) is 5.14. The van der Waals surface area contributed by atoms with Crippen molar-refractivity contribution in [2.24, 2.45) is 0 Å². The average molecular weight is 296 g/mol. The number of aliphatic carboxylic acids is 1. The van der Waals surface area contributed by atoms with E-state index in [9.17, 15) is 9.18 Å². The Labute approximate surface area is 123 Å². The van der Waals surface area contributed by atoms with Gasteiger partial charge in [0, 0.05) is 44.4 Å². The van der Waals surface area contributed by atoms with Crippen molar-refractivity contribution in [2.45, 2.75) is 12.8 Å². The molecule has 0 aliphatic carbocycles. The number of rotatable bonds is 6. The highest BCUT2D eigenvalue weighted by atomic mass is 19.1. The molecule has 1 aliphatic rings. The van der Waals surface area contributed by atoms with Gasteiger partial charge in [0.1, 0.15) is 0 Å². The van der Waals surface area contributed by atoms with Crippen molar-refractivity contribution in [3.05, 3.63) is 24.0 Å². The Morgan fingerprint density at radius 3 is 2.62 bits per heavy atom. The number of hydrogen-bond donors (Lipinski definition) is 1. The van der Waals surface area contributed by atoms with Crippen LogP contribution in [0.2, 0.25) is 0 Å². The maximum atomic E-state index is 13.7. The first kappa shape index (κ1) is 15.6. The van der Waals surface area contributed by atoms with Gasteiger partial charge in [0.25, 0.3) is 0 Å². The molecule has 116 valence electrons. The number of methoxy groups -OCH3 is 1. The lowest BCUT2D eigenvalue weighted by atomic mass is 10.2. The molecule has 0 radical (unpaired) electrons. The van der Waals surface area contributed by atoms with Gasteiger partial charge in [-0.3, -0.25) is 9.69 Å². The summed E-state index contributed by atoms with van der Waals surface area (Å²) in [4.78, 5) is 14.9. The fourth-order valence-corrected chi connectivity index (χ4v) is 2.54. The number of halogens is 1. The molecule has 0 unspecified atom stereocenters. The van der Waals surface area contributed by atoms with Crippen molar-refractivity contribution in [1.82, 2.24) is 4.90 Å². The molecule has 1 aromatic carbocycles. The molecule has 1 N–H and O–H groups in total. The van der Waals surface area contributed by atoms with Crippen molar-refractivity contribution in [3.8, 4) is 5.75 Å². The third kappa shape index (κ3) is 4.32. The first-order valence-electron chi connectivity index (χ1n) is 7.13. The summed E-state index contributed by atoms with van der Waals surface area (Å²) >= 11 is 0. The Hall–Kier alpha value is -1.82. The van der Waals surface area contributed by atoms with Crippen molar-refractivity contribution in [1.29, 1.82) is 0 Å². The number of carbonyl (C=O) groups is 1. The first-order valence-corrected chi connectivity index (χ1v) is 7.13. The molecule has 0 spiro atoms. The topological polar surface area (TPSA) is 53.0 Å². The van der Waals surface area contributed by atoms with Crippen LogP contribution in [0.25, 0.3) is 0 Å². The van der Waals surface area contributed by atoms with E-state index in [4.69, 9.17) is 9.84 Å². The van der Waals surface area contributed by atoms with Crippen LogP contribution in [0.5, 0.6) is 5.75 Å². The van der Waals surface area contributed by atoms with Gasteiger partial charge in [-0.2, -0.15) is 0 Å². The third-order valence-corrected chi connectivity index (χ3v) is 3.74. The molecular formula is C15H21FN2O3. The number of carboxylic acids is 1. The van der Waals surface area contributed by atoms with Gasteiger partial charge in [0.2, 0.25) is 0 Å². The van der Waals surface area contributed by atoms with Crippen molar-refractivity contribution < 1.29 is 19.0 Å². The fraction of sp³-hybridized carbons (Fsp3) is 0.533. The minimum atomic E-state index is -0.748. The quantitative estimate of drug-likeness (QED) is 0.868. The Balaban J connectivity index is 1.83. The molecule has 0 aromatic heterocycles. The molecule has 0 amide bonds. The van der Waals surface area contributed by atoms with Crippen LogP contribution in [0.3, 0.4) is 0 Å². The molecule has 0 saturated carbocycles. The molecular weight excluding hydrogens is 275 g/mol. The van der Waals surface area contributed by atoms with Gasteiger partial charge in [-0.05, 0) is 25.1 Å². The van der Waals surface area contributed by atoms with E-state index in [1.165, 1.54) is 13.2 Å². The molecule has 0 bridgehead atoms. The molecule has 1 fully saturated rings. The smallest absolute Gasteiger partial charge is 0.303 e. The van der Waals surface area contributed by atoms with Crippen molar-refractivity contribution in [2.75, 3.05) is 44.7 Å². The number of carboxylic acid groups (broad SMARTS) is 1. The zero-order chi connectivity index (χ0) is 15.2. The Morgan fingerprint density at radius 1 is 1.33 bits per heavy atom. The van der Waals surface area contributed by atoms with Gasteiger partial charge in [0.15, 0.2) is 11.6 Å². The molecule has 1 aliphatic heterocycles. The number of piperazine rings is 1. The van der Waals surface area contributed by atoms with E-state index in [1.54, 1.807) is 6.07 Å². The molecule has 0 atom stereocenters. The number of anilines is 1. The average Bonchev–Trinajstić information content (AvgIpc) is 2.47. The highest BCUT2D eigenvalue weighted by Gasteiger charge is 2.18. The maximum absolute atomic E-state index is 13.7. The van der Waals surface area contributed by atoms with Crippen LogP contribution in [0.4, 0.5) is 10.1 Å². The Morgan fingerprint density at radius 2 is 2.05 bits per heavy atom. The fourth-order valence-electron chi connectivity index (χ4n) is 2.54. The zero-order valence-electron chi connectivity index (χ0n) is 12.2. The van der Waals surface area contributed by atoms with E-state index < -0.39 is 5.97 Å². The van der Waals surface area contributed by atoms with E-state index in [2.05, 4.69) is 9.80 Å². The van der Waals surface area contributed by atoms with Gasteiger partial charge in [-0.25, -0.2) is 4.39 Å². The largest absolute Gasteiger partial charge is 0.494 e. The predicted octanol–water partition coefficient (Wildman–Crippen LogP) is 1.82. The summed E-state index contributed by atoms with van der Waals surface area (Å²) in [5.41, 5.74) is 0.860. The number of hydrogen-bond acceptors (Lipinski definition) is 4. The summed E-state index contributed by atoms with van der Waals surface area (Å²) in [7, 11) is 1.45. The number of benzene rings is 1. The van der Waals surface area contributed by atoms with Crippen molar-refractivity contribution >= 4 is 11.7 Å². The van der Waals surface area contributed by atoms with Gasteiger partial charge < -0.3 is 14.7 Å².